The number of benzene rings is 2. The van der Waals surface area contributed by atoms with Gasteiger partial charge in [-0.15, -0.1) is 11.3 Å². The van der Waals surface area contributed by atoms with E-state index in [1.54, 1.807) is 12.1 Å². The van der Waals surface area contributed by atoms with Crippen LogP contribution < -0.4 is 5.32 Å². The maximum absolute atomic E-state index is 12.5. The number of amides is 1. The molecule has 8 heteroatoms. The van der Waals surface area contributed by atoms with Crippen molar-refractivity contribution in [2.24, 2.45) is 0 Å². The molecule has 27 heavy (non-hydrogen) atoms. The van der Waals surface area contributed by atoms with Crippen LogP contribution in [0.25, 0.3) is 22.2 Å². The number of nitrogens with one attached hydrogen (secondary N) is 2. The lowest BCUT2D eigenvalue weighted by Gasteiger charge is -2.04. The molecule has 0 spiro atoms. The Hall–Kier alpha value is -2.97. The molecule has 2 aromatic heterocycles. The molecule has 0 saturated carbocycles. The zero-order chi connectivity index (χ0) is 19.0. The highest BCUT2D eigenvalue weighted by molar-refractivity contribution is 7.90. The molecule has 0 radical (unpaired) electrons. The molecule has 0 atom stereocenters. The van der Waals surface area contributed by atoms with Gasteiger partial charge in [0, 0.05) is 39.9 Å². The number of rotatable bonds is 4. The average molecular weight is 397 g/mol. The minimum atomic E-state index is -3.37. The molecule has 4 aromatic rings. The number of para-hydroxylation sites is 1. The molecule has 0 aliphatic carbocycles. The number of H-pyrrole nitrogens is 1. The number of aromatic amines is 1. The molecule has 6 nitrogen and oxygen atoms in total. The fourth-order valence-electron chi connectivity index (χ4n) is 2.78. The van der Waals surface area contributed by atoms with Crippen molar-refractivity contribution < 1.29 is 13.2 Å². The Morgan fingerprint density at radius 2 is 1.96 bits per heavy atom. The van der Waals surface area contributed by atoms with Crippen LogP contribution in [0.4, 0.5) is 5.13 Å². The summed E-state index contributed by atoms with van der Waals surface area (Å²) < 4.78 is 23.3. The summed E-state index contributed by atoms with van der Waals surface area (Å²) >= 11 is 1.31. The van der Waals surface area contributed by atoms with Gasteiger partial charge in [-0.3, -0.25) is 10.1 Å². The summed E-state index contributed by atoms with van der Waals surface area (Å²) in [6.07, 6.45) is 3.00. The third-order valence-electron chi connectivity index (χ3n) is 4.11. The van der Waals surface area contributed by atoms with Gasteiger partial charge >= 0.3 is 0 Å². The van der Waals surface area contributed by atoms with E-state index in [0.717, 1.165) is 28.4 Å². The lowest BCUT2D eigenvalue weighted by atomic mass is 10.1. The number of aromatic nitrogens is 2. The Morgan fingerprint density at radius 1 is 1.15 bits per heavy atom. The maximum Gasteiger partial charge on any atom is 0.257 e. The molecule has 0 aliphatic heterocycles. The number of fused-ring (bicyclic) bond motifs is 1. The lowest BCUT2D eigenvalue weighted by Crippen LogP contribution is -2.12. The van der Waals surface area contributed by atoms with Gasteiger partial charge in [-0.1, -0.05) is 24.3 Å². The number of thiazole rings is 1. The van der Waals surface area contributed by atoms with Gasteiger partial charge in [0.15, 0.2) is 15.0 Å². The van der Waals surface area contributed by atoms with Gasteiger partial charge in [0.1, 0.15) is 0 Å². The van der Waals surface area contributed by atoms with E-state index < -0.39 is 15.7 Å². The van der Waals surface area contributed by atoms with E-state index in [1.165, 1.54) is 23.5 Å². The van der Waals surface area contributed by atoms with Crippen molar-refractivity contribution in [1.82, 2.24) is 9.97 Å². The van der Waals surface area contributed by atoms with Crippen molar-refractivity contribution in [3.63, 3.8) is 0 Å². The highest BCUT2D eigenvalue weighted by Crippen LogP contribution is 2.31. The van der Waals surface area contributed by atoms with Crippen LogP contribution in [0.2, 0.25) is 0 Å². The van der Waals surface area contributed by atoms with Gasteiger partial charge in [-0.25, -0.2) is 13.4 Å². The van der Waals surface area contributed by atoms with Crippen LogP contribution in [0.15, 0.2) is 65.0 Å². The zero-order valence-electron chi connectivity index (χ0n) is 14.3. The summed E-state index contributed by atoms with van der Waals surface area (Å²) in [5.74, 6) is -0.402. The summed E-state index contributed by atoms with van der Waals surface area (Å²) in [5.41, 5.74) is 3.00. The molecule has 0 saturated heterocycles. The van der Waals surface area contributed by atoms with Gasteiger partial charge in [-0.2, -0.15) is 0 Å². The fraction of sp³-hybridized carbons (Fsp3) is 0.0526. The second-order valence-corrected chi connectivity index (χ2v) is 8.91. The molecule has 0 fully saturated rings. The second-order valence-electron chi connectivity index (χ2n) is 6.04. The van der Waals surface area contributed by atoms with Crippen molar-refractivity contribution in [2.75, 3.05) is 11.6 Å². The molecule has 136 valence electrons. The minimum Gasteiger partial charge on any atom is -0.360 e. The Labute approximate surface area is 159 Å². The standard InChI is InChI=1S/C19H15N3O3S2/c1-27(24,25)13-6-4-5-12(9-13)18(23)22-19-21-17(11-26-19)15-10-20-16-8-3-2-7-14(15)16/h2-11,20H,1H3,(H,21,22,23). The lowest BCUT2D eigenvalue weighted by molar-refractivity contribution is 0.102. The van der Waals surface area contributed by atoms with Gasteiger partial charge in [0.05, 0.1) is 10.6 Å². The maximum atomic E-state index is 12.5. The smallest absolute Gasteiger partial charge is 0.257 e. The summed E-state index contributed by atoms with van der Waals surface area (Å²) in [6.45, 7) is 0. The van der Waals surface area contributed by atoms with Gasteiger partial charge in [0.25, 0.3) is 5.91 Å². The average Bonchev–Trinajstić information content (AvgIpc) is 3.27. The van der Waals surface area contributed by atoms with Gasteiger partial charge in [-0.05, 0) is 24.3 Å². The predicted octanol–water partition coefficient (Wildman–Crippen LogP) is 3.95. The number of nitrogens with zero attached hydrogens (tertiary/aromatic N) is 1. The van der Waals surface area contributed by atoms with Crippen molar-refractivity contribution >= 4 is 43.1 Å². The molecule has 2 N–H and O–H groups in total. The molecular weight excluding hydrogens is 382 g/mol. The Morgan fingerprint density at radius 3 is 2.78 bits per heavy atom. The van der Waals surface area contributed by atoms with Crippen LogP contribution in [0.5, 0.6) is 0 Å². The van der Waals surface area contributed by atoms with E-state index in [2.05, 4.69) is 15.3 Å². The molecule has 2 heterocycles. The normalized spacial score (nSPS) is 11.6. The molecule has 2 aromatic carbocycles. The Bertz CT molecular complexity index is 1260. The van der Waals surface area contributed by atoms with Crippen molar-refractivity contribution in [2.45, 2.75) is 4.90 Å². The molecule has 1 amide bonds. The third-order valence-corrected chi connectivity index (χ3v) is 5.98. The van der Waals surface area contributed by atoms with E-state index in [9.17, 15) is 13.2 Å². The number of carbonyl (C=O) groups is 1. The van der Waals surface area contributed by atoms with E-state index in [4.69, 9.17) is 0 Å². The molecular formula is C19H15N3O3S2. The minimum absolute atomic E-state index is 0.105. The number of carbonyl (C=O) groups excluding carboxylic acids is 1. The van der Waals surface area contributed by atoms with Crippen molar-refractivity contribution in [3.05, 3.63) is 65.7 Å². The third kappa shape index (κ3) is 3.49. The summed E-state index contributed by atoms with van der Waals surface area (Å²) in [5, 5.41) is 6.11. The van der Waals surface area contributed by atoms with Crippen LogP contribution >= 0.6 is 11.3 Å². The quantitative estimate of drug-likeness (QED) is 0.545. The van der Waals surface area contributed by atoms with E-state index in [-0.39, 0.29) is 10.5 Å². The molecule has 4 rings (SSSR count). The SMILES string of the molecule is CS(=O)(=O)c1cccc(C(=O)Nc2nc(-c3c[nH]c4ccccc34)cs2)c1. The molecule has 0 bridgehead atoms. The number of hydrogen-bond acceptors (Lipinski definition) is 5. The monoisotopic (exact) mass is 397 g/mol. The van der Waals surface area contributed by atoms with Crippen molar-refractivity contribution in [3.8, 4) is 11.3 Å². The van der Waals surface area contributed by atoms with Crippen LogP contribution in [-0.2, 0) is 9.84 Å². The van der Waals surface area contributed by atoms with E-state index in [0.29, 0.717) is 5.13 Å². The predicted molar refractivity (Wildman–Crippen MR) is 107 cm³/mol. The summed E-state index contributed by atoms with van der Waals surface area (Å²) in [7, 11) is -3.37. The first-order chi connectivity index (χ1) is 12.9. The second kappa shape index (κ2) is 6.64. The van der Waals surface area contributed by atoms with Crippen LogP contribution in [0.3, 0.4) is 0 Å². The Balaban J connectivity index is 1.59. The first kappa shape index (κ1) is 17.4. The van der Waals surface area contributed by atoms with Crippen LogP contribution in [0, 0.1) is 0 Å². The van der Waals surface area contributed by atoms with E-state index >= 15 is 0 Å². The summed E-state index contributed by atoms with van der Waals surface area (Å²) in [6, 6.07) is 13.9. The zero-order valence-corrected chi connectivity index (χ0v) is 15.9. The fourth-order valence-corrected chi connectivity index (χ4v) is 4.15. The molecule has 0 aliphatic rings. The first-order valence-electron chi connectivity index (χ1n) is 8.05. The van der Waals surface area contributed by atoms with E-state index in [1.807, 2.05) is 35.8 Å². The van der Waals surface area contributed by atoms with Crippen LogP contribution in [-0.4, -0.2) is 30.5 Å². The number of hydrogen-bond donors (Lipinski definition) is 2. The topological polar surface area (TPSA) is 91.9 Å². The summed E-state index contributed by atoms with van der Waals surface area (Å²) in [4.78, 5) is 20.3. The van der Waals surface area contributed by atoms with Crippen LogP contribution in [0.1, 0.15) is 10.4 Å². The Kier molecular flexibility index (Phi) is 4.29. The first-order valence-corrected chi connectivity index (χ1v) is 10.8. The highest BCUT2D eigenvalue weighted by atomic mass is 32.2. The molecule has 0 unspecified atom stereocenters. The number of anilines is 1. The largest absolute Gasteiger partial charge is 0.360 e. The number of sulfone groups is 1. The van der Waals surface area contributed by atoms with Crippen molar-refractivity contribution in [1.29, 1.82) is 0 Å². The van der Waals surface area contributed by atoms with Gasteiger partial charge < -0.3 is 4.98 Å². The highest BCUT2D eigenvalue weighted by Gasteiger charge is 2.14. The van der Waals surface area contributed by atoms with Gasteiger partial charge in [0.2, 0.25) is 0 Å².